The van der Waals surface area contributed by atoms with Gasteiger partial charge in [0.1, 0.15) is 5.75 Å². The van der Waals surface area contributed by atoms with Crippen molar-refractivity contribution in [1.82, 2.24) is 0 Å². The lowest BCUT2D eigenvalue weighted by molar-refractivity contribution is 0.121. The van der Waals surface area contributed by atoms with Gasteiger partial charge in [-0.05, 0) is 25.5 Å². The molecule has 4 nitrogen and oxygen atoms in total. The molecule has 2 rings (SSSR count). The Balaban J connectivity index is 2.09. The standard InChI is InChI=1S/C12H18N2O2/c1-8-11(5-6-16-8)14-12-4-3-9(15-2)7-10(12)13/h3-4,7-8,11,14H,5-6,13H2,1-2H3. The molecule has 2 unspecified atom stereocenters. The minimum absolute atomic E-state index is 0.238. The van der Waals surface area contributed by atoms with Crippen molar-refractivity contribution in [3.63, 3.8) is 0 Å². The number of nitrogen functional groups attached to an aromatic ring is 1. The van der Waals surface area contributed by atoms with Crippen molar-refractivity contribution >= 4 is 11.4 Å². The Morgan fingerprint density at radius 1 is 1.50 bits per heavy atom. The molecule has 1 saturated heterocycles. The van der Waals surface area contributed by atoms with Gasteiger partial charge < -0.3 is 20.5 Å². The summed E-state index contributed by atoms with van der Waals surface area (Å²) in [5.41, 5.74) is 7.59. The maximum atomic E-state index is 5.94. The Morgan fingerprint density at radius 3 is 2.88 bits per heavy atom. The fraction of sp³-hybridized carbons (Fsp3) is 0.500. The molecular weight excluding hydrogens is 204 g/mol. The summed E-state index contributed by atoms with van der Waals surface area (Å²) in [7, 11) is 1.63. The Hall–Kier alpha value is -1.42. The Morgan fingerprint density at radius 2 is 2.31 bits per heavy atom. The molecule has 0 bridgehead atoms. The highest BCUT2D eigenvalue weighted by Gasteiger charge is 2.24. The van der Waals surface area contributed by atoms with Crippen LogP contribution in [0.3, 0.4) is 0 Å². The van der Waals surface area contributed by atoms with Crippen LogP contribution in [0.2, 0.25) is 0 Å². The van der Waals surface area contributed by atoms with Gasteiger partial charge in [-0.25, -0.2) is 0 Å². The van der Waals surface area contributed by atoms with Gasteiger partial charge in [-0.1, -0.05) is 0 Å². The first-order valence-corrected chi connectivity index (χ1v) is 5.52. The second-order valence-electron chi connectivity index (χ2n) is 4.07. The predicted octanol–water partition coefficient (Wildman–Crippen LogP) is 1.87. The summed E-state index contributed by atoms with van der Waals surface area (Å²) in [6.45, 7) is 2.89. The smallest absolute Gasteiger partial charge is 0.121 e. The summed E-state index contributed by atoms with van der Waals surface area (Å²) >= 11 is 0. The molecule has 1 aliphatic rings. The van der Waals surface area contributed by atoms with E-state index in [0.717, 1.165) is 24.5 Å². The monoisotopic (exact) mass is 222 g/mol. The summed E-state index contributed by atoms with van der Waals surface area (Å²) in [6.07, 6.45) is 1.26. The van der Waals surface area contributed by atoms with E-state index in [1.54, 1.807) is 7.11 Å². The van der Waals surface area contributed by atoms with E-state index in [9.17, 15) is 0 Å². The maximum absolute atomic E-state index is 5.94. The van der Waals surface area contributed by atoms with E-state index < -0.39 is 0 Å². The maximum Gasteiger partial charge on any atom is 0.121 e. The largest absolute Gasteiger partial charge is 0.497 e. The van der Waals surface area contributed by atoms with Gasteiger partial charge >= 0.3 is 0 Å². The summed E-state index contributed by atoms with van der Waals surface area (Å²) in [6, 6.07) is 6.01. The molecule has 0 aromatic heterocycles. The van der Waals surface area contributed by atoms with Gasteiger partial charge in [0.15, 0.2) is 0 Å². The van der Waals surface area contributed by atoms with E-state index in [4.69, 9.17) is 15.2 Å². The van der Waals surface area contributed by atoms with Crippen molar-refractivity contribution in [2.45, 2.75) is 25.5 Å². The van der Waals surface area contributed by atoms with Crippen LogP contribution < -0.4 is 15.8 Å². The van der Waals surface area contributed by atoms with E-state index >= 15 is 0 Å². The third-order valence-corrected chi connectivity index (χ3v) is 2.98. The van der Waals surface area contributed by atoms with Crippen molar-refractivity contribution in [2.24, 2.45) is 0 Å². The second kappa shape index (κ2) is 4.61. The molecule has 0 radical (unpaired) electrons. The lowest BCUT2D eigenvalue weighted by Gasteiger charge is -2.19. The van der Waals surface area contributed by atoms with E-state index in [0.29, 0.717) is 11.7 Å². The van der Waals surface area contributed by atoms with Crippen molar-refractivity contribution in [3.8, 4) is 5.75 Å². The number of rotatable bonds is 3. The molecule has 4 heteroatoms. The number of nitrogens with one attached hydrogen (secondary N) is 1. The number of anilines is 2. The molecule has 1 aromatic carbocycles. The molecule has 0 aliphatic carbocycles. The highest BCUT2D eigenvalue weighted by molar-refractivity contribution is 5.68. The predicted molar refractivity (Wildman–Crippen MR) is 64.8 cm³/mol. The molecule has 1 aromatic rings. The number of ether oxygens (including phenoxy) is 2. The van der Waals surface area contributed by atoms with Gasteiger partial charge in [-0.15, -0.1) is 0 Å². The average molecular weight is 222 g/mol. The molecule has 3 N–H and O–H groups in total. The van der Waals surface area contributed by atoms with Crippen molar-refractivity contribution in [2.75, 3.05) is 24.8 Å². The Kier molecular flexibility index (Phi) is 3.19. The molecule has 16 heavy (non-hydrogen) atoms. The van der Waals surface area contributed by atoms with Gasteiger partial charge in [0, 0.05) is 12.7 Å². The minimum atomic E-state index is 0.238. The van der Waals surface area contributed by atoms with Crippen molar-refractivity contribution in [3.05, 3.63) is 18.2 Å². The molecular formula is C12H18N2O2. The van der Waals surface area contributed by atoms with Crippen LogP contribution in [-0.4, -0.2) is 25.9 Å². The third kappa shape index (κ3) is 2.22. The van der Waals surface area contributed by atoms with Crippen LogP contribution in [0.15, 0.2) is 18.2 Å². The number of hydrogen-bond acceptors (Lipinski definition) is 4. The van der Waals surface area contributed by atoms with Crippen LogP contribution in [0.25, 0.3) is 0 Å². The molecule has 1 aliphatic heterocycles. The molecule has 1 fully saturated rings. The molecule has 2 atom stereocenters. The van der Waals surface area contributed by atoms with Gasteiger partial charge in [0.2, 0.25) is 0 Å². The normalized spacial score (nSPS) is 24.4. The van der Waals surface area contributed by atoms with Gasteiger partial charge in [0.05, 0.1) is 30.6 Å². The average Bonchev–Trinajstić information content (AvgIpc) is 2.67. The highest BCUT2D eigenvalue weighted by atomic mass is 16.5. The van der Waals surface area contributed by atoms with Crippen molar-refractivity contribution < 1.29 is 9.47 Å². The van der Waals surface area contributed by atoms with Crippen LogP contribution in [0.4, 0.5) is 11.4 Å². The lowest BCUT2D eigenvalue weighted by atomic mass is 10.1. The van der Waals surface area contributed by atoms with Crippen LogP contribution in [-0.2, 0) is 4.74 Å². The fourth-order valence-electron chi connectivity index (χ4n) is 1.92. The van der Waals surface area contributed by atoms with E-state index in [2.05, 4.69) is 12.2 Å². The summed E-state index contributed by atoms with van der Waals surface area (Å²) in [5.74, 6) is 0.777. The zero-order valence-electron chi connectivity index (χ0n) is 9.69. The minimum Gasteiger partial charge on any atom is -0.497 e. The molecule has 0 saturated carbocycles. The SMILES string of the molecule is COc1ccc(NC2CCOC2C)c(N)c1. The quantitative estimate of drug-likeness (QED) is 0.766. The molecule has 1 heterocycles. The van der Waals surface area contributed by atoms with Gasteiger partial charge in [-0.3, -0.25) is 0 Å². The van der Waals surface area contributed by atoms with E-state index in [-0.39, 0.29) is 6.10 Å². The van der Waals surface area contributed by atoms with Gasteiger partial charge in [-0.2, -0.15) is 0 Å². The number of hydrogen-bond donors (Lipinski definition) is 2. The second-order valence-corrected chi connectivity index (χ2v) is 4.07. The van der Waals surface area contributed by atoms with E-state index in [1.165, 1.54) is 0 Å². The Labute approximate surface area is 95.7 Å². The third-order valence-electron chi connectivity index (χ3n) is 2.98. The first kappa shape index (κ1) is 11.1. The molecule has 88 valence electrons. The van der Waals surface area contributed by atoms with Crippen molar-refractivity contribution in [1.29, 1.82) is 0 Å². The zero-order valence-corrected chi connectivity index (χ0v) is 9.69. The summed E-state index contributed by atoms with van der Waals surface area (Å²) in [4.78, 5) is 0. The summed E-state index contributed by atoms with van der Waals surface area (Å²) < 4.78 is 10.6. The fourth-order valence-corrected chi connectivity index (χ4v) is 1.92. The zero-order chi connectivity index (χ0) is 11.5. The first-order valence-electron chi connectivity index (χ1n) is 5.52. The van der Waals surface area contributed by atoms with Crippen LogP contribution in [0.5, 0.6) is 5.75 Å². The molecule has 0 spiro atoms. The van der Waals surface area contributed by atoms with Gasteiger partial charge in [0.25, 0.3) is 0 Å². The summed E-state index contributed by atoms with van der Waals surface area (Å²) in [5, 5.41) is 3.40. The number of nitrogens with two attached hydrogens (primary N) is 1. The van der Waals surface area contributed by atoms with Crippen LogP contribution in [0.1, 0.15) is 13.3 Å². The highest BCUT2D eigenvalue weighted by Crippen LogP contribution is 2.27. The van der Waals surface area contributed by atoms with Crippen LogP contribution >= 0.6 is 0 Å². The number of benzene rings is 1. The Bertz CT molecular complexity index is 368. The number of methoxy groups -OCH3 is 1. The topological polar surface area (TPSA) is 56.5 Å². The first-order chi connectivity index (χ1) is 7.70. The van der Waals surface area contributed by atoms with E-state index in [1.807, 2.05) is 18.2 Å². The van der Waals surface area contributed by atoms with Crippen LogP contribution in [0, 0.1) is 0 Å². The lowest BCUT2D eigenvalue weighted by Crippen LogP contribution is -2.27. The molecule has 0 amide bonds.